The second-order valence-electron chi connectivity index (χ2n) is 2.87. The quantitative estimate of drug-likeness (QED) is 0.325. The van der Waals surface area contributed by atoms with Crippen LogP contribution in [0.5, 0.6) is 0 Å². The van der Waals surface area contributed by atoms with Crippen molar-refractivity contribution in [3.63, 3.8) is 0 Å². The van der Waals surface area contributed by atoms with E-state index in [9.17, 15) is 0 Å². The van der Waals surface area contributed by atoms with Gasteiger partial charge in [-0.1, -0.05) is 32.3 Å². The van der Waals surface area contributed by atoms with Crippen molar-refractivity contribution in [2.45, 2.75) is 44.8 Å². The van der Waals surface area contributed by atoms with E-state index in [-0.39, 0.29) is 0 Å². The van der Waals surface area contributed by atoms with Gasteiger partial charge in [0.15, 0.2) is 0 Å². The minimum atomic E-state index is 0.386. The van der Waals surface area contributed by atoms with Gasteiger partial charge in [0.05, 0.1) is 6.10 Å². The summed E-state index contributed by atoms with van der Waals surface area (Å²) < 4.78 is 5.29. The van der Waals surface area contributed by atoms with Crippen molar-refractivity contribution in [1.82, 2.24) is 0 Å². The third-order valence-corrected chi connectivity index (χ3v) is 1.95. The van der Waals surface area contributed by atoms with E-state index in [0.717, 1.165) is 0 Å². The molecule has 0 aromatic carbocycles. The molecule has 0 aromatic heterocycles. The molecule has 0 radical (unpaired) electrons. The molecule has 1 aliphatic heterocycles. The average molecular weight is 140 g/mol. The lowest BCUT2D eigenvalue weighted by Crippen LogP contribution is -1.89. The second-order valence-corrected chi connectivity index (χ2v) is 2.87. The van der Waals surface area contributed by atoms with Crippen LogP contribution in [-0.2, 0) is 4.74 Å². The highest BCUT2D eigenvalue weighted by atomic mass is 16.6. The van der Waals surface area contributed by atoms with Gasteiger partial charge in [-0.25, -0.2) is 0 Å². The number of hydrogen-bond donors (Lipinski definition) is 0. The molecule has 58 valence electrons. The number of hydrogen-bond acceptors (Lipinski definition) is 1. The Morgan fingerprint density at radius 2 is 2.30 bits per heavy atom. The Morgan fingerprint density at radius 1 is 1.50 bits per heavy atom. The van der Waals surface area contributed by atoms with Gasteiger partial charge < -0.3 is 4.74 Å². The third-order valence-electron chi connectivity index (χ3n) is 1.95. The molecular weight excluding hydrogens is 124 g/mol. The van der Waals surface area contributed by atoms with Gasteiger partial charge in [-0.15, -0.1) is 6.58 Å². The molecule has 0 N–H and O–H groups in total. The fourth-order valence-electron chi connectivity index (χ4n) is 1.19. The van der Waals surface area contributed by atoms with E-state index in [4.69, 9.17) is 4.74 Å². The summed E-state index contributed by atoms with van der Waals surface area (Å²) in [6, 6.07) is 0. The van der Waals surface area contributed by atoms with E-state index in [2.05, 4.69) is 13.5 Å². The molecular formula is C9H16O. The molecule has 1 fully saturated rings. The molecule has 2 atom stereocenters. The summed E-state index contributed by atoms with van der Waals surface area (Å²) >= 11 is 0. The van der Waals surface area contributed by atoms with Crippen LogP contribution in [0, 0.1) is 0 Å². The molecule has 0 spiro atoms. The van der Waals surface area contributed by atoms with Crippen LogP contribution in [0.15, 0.2) is 12.7 Å². The van der Waals surface area contributed by atoms with Crippen LogP contribution in [0.4, 0.5) is 0 Å². The Balaban J connectivity index is 1.91. The largest absolute Gasteiger partial charge is 0.365 e. The molecule has 1 nitrogen and oxygen atoms in total. The predicted molar refractivity (Wildman–Crippen MR) is 43.0 cm³/mol. The number of ether oxygens (including phenoxy) is 1. The van der Waals surface area contributed by atoms with Crippen LogP contribution < -0.4 is 0 Å². The zero-order chi connectivity index (χ0) is 7.40. The molecule has 1 aliphatic rings. The summed E-state index contributed by atoms with van der Waals surface area (Å²) in [5.41, 5.74) is 0. The van der Waals surface area contributed by atoms with Crippen LogP contribution in [0.3, 0.4) is 0 Å². The van der Waals surface area contributed by atoms with Crippen molar-refractivity contribution in [2.75, 3.05) is 0 Å². The molecule has 1 heteroatoms. The smallest absolute Gasteiger partial charge is 0.102 e. The van der Waals surface area contributed by atoms with Crippen LogP contribution in [0.25, 0.3) is 0 Å². The molecule has 0 aromatic rings. The third kappa shape index (κ3) is 2.14. The summed E-state index contributed by atoms with van der Waals surface area (Å²) in [5.74, 6) is 0. The molecule has 0 amide bonds. The Hall–Kier alpha value is -0.300. The summed E-state index contributed by atoms with van der Waals surface area (Å²) in [6.07, 6.45) is 7.97. The monoisotopic (exact) mass is 140 g/mol. The lowest BCUT2D eigenvalue weighted by molar-refractivity contribution is 0.373. The van der Waals surface area contributed by atoms with Crippen LogP contribution in [-0.4, -0.2) is 12.2 Å². The van der Waals surface area contributed by atoms with Crippen LogP contribution in [0.2, 0.25) is 0 Å². The minimum Gasteiger partial charge on any atom is -0.365 e. The van der Waals surface area contributed by atoms with Gasteiger partial charge in [-0.2, -0.15) is 0 Å². The van der Waals surface area contributed by atoms with Crippen molar-refractivity contribution >= 4 is 0 Å². The van der Waals surface area contributed by atoms with E-state index in [1.807, 2.05) is 6.08 Å². The molecule has 10 heavy (non-hydrogen) atoms. The molecule has 1 saturated heterocycles. The first-order chi connectivity index (χ1) is 4.88. The predicted octanol–water partition coefficient (Wildman–Crippen LogP) is 2.52. The van der Waals surface area contributed by atoms with Crippen molar-refractivity contribution in [1.29, 1.82) is 0 Å². The molecule has 0 bridgehead atoms. The lowest BCUT2D eigenvalue weighted by atomic mass is 10.1. The first kappa shape index (κ1) is 7.80. The maximum absolute atomic E-state index is 5.29. The fourth-order valence-corrected chi connectivity index (χ4v) is 1.19. The van der Waals surface area contributed by atoms with Gasteiger partial charge >= 0.3 is 0 Å². The maximum atomic E-state index is 5.29. The highest BCUT2D eigenvalue weighted by molar-refractivity contribution is 4.97. The Bertz CT molecular complexity index is 109. The highest BCUT2D eigenvalue weighted by Crippen LogP contribution is 2.27. The number of rotatable bonds is 5. The van der Waals surface area contributed by atoms with Crippen molar-refractivity contribution in [2.24, 2.45) is 0 Å². The van der Waals surface area contributed by atoms with Gasteiger partial charge in [-0.05, 0) is 6.42 Å². The summed E-state index contributed by atoms with van der Waals surface area (Å²) in [4.78, 5) is 0. The molecule has 1 unspecified atom stereocenters. The zero-order valence-corrected chi connectivity index (χ0v) is 6.68. The van der Waals surface area contributed by atoms with Gasteiger partial charge in [0, 0.05) is 0 Å². The standard InChI is InChI=1S/C9H16O/c1-3-5-6-7-9-8(4-2)10-9/h4,8-9H,2-3,5-7H2,1H3/t8?,9-/m0/s1. The second kappa shape index (κ2) is 3.77. The number of unbranched alkanes of at least 4 members (excludes halogenated alkanes) is 2. The maximum Gasteiger partial charge on any atom is 0.102 e. The number of epoxide rings is 1. The normalized spacial score (nSPS) is 30.1. The minimum absolute atomic E-state index is 0.386. The Labute approximate surface area is 63.1 Å². The summed E-state index contributed by atoms with van der Waals surface area (Å²) in [7, 11) is 0. The van der Waals surface area contributed by atoms with Crippen LogP contribution >= 0.6 is 0 Å². The molecule has 1 rings (SSSR count). The SMILES string of the molecule is C=CC1O[C@H]1CCCCC. The Kier molecular flexibility index (Phi) is 2.94. The van der Waals surface area contributed by atoms with Crippen molar-refractivity contribution in [3.05, 3.63) is 12.7 Å². The topological polar surface area (TPSA) is 12.5 Å². The van der Waals surface area contributed by atoms with E-state index in [1.165, 1.54) is 25.7 Å². The van der Waals surface area contributed by atoms with Gasteiger partial charge in [0.1, 0.15) is 6.10 Å². The molecule has 0 saturated carbocycles. The Morgan fingerprint density at radius 3 is 2.80 bits per heavy atom. The van der Waals surface area contributed by atoms with E-state index < -0.39 is 0 Å². The first-order valence-electron chi connectivity index (χ1n) is 4.16. The van der Waals surface area contributed by atoms with Crippen molar-refractivity contribution < 1.29 is 4.74 Å². The van der Waals surface area contributed by atoms with Gasteiger partial charge in [-0.3, -0.25) is 0 Å². The van der Waals surface area contributed by atoms with E-state index >= 15 is 0 Å². The van der Waals surface area contributed by atoms with E-state index in [0.29, 0.717) is 12.2 Å². The average Bonchev–Trinajstić information content (AvgIpc) is 2.68. The lowest BCUT2D eigenvalue weighted by Gasteiger charge is -1.91. The van der Waals surface area contributed by atoms with Gasteiger partial charge in [0.25, 0.3) is 0 Å². The zero-order valence-electron chi connectivity index (χ0n) is 6.68. The van der Waals surface area contributed by atoms with Gasteiger partial charge in [0.2, 0.25) is 0 Å². The highest BCUT2D eigenvalue weighted by Gasteiger charge is 2.34. The fraction of sp³-hybridized carbons (Fsp3) is 0.778. The van der Waals surface area contributed by atoms with Crippen LogP contribution in [0.1, 0.15) is 32.6 Å². The first-order valence-corrected chi connectivity index (χ1v) is 4.16. The molecule has 0 aliphatic carbocycles. The summed E-state index contributed by atoms with van der Waals surface area (Å²) in [5, 5.41) is 0. The van der Waals surface area contributed by atoms with Crippen molar-refractivity contribution in [3.8, 4) is 0 Å². The van der Waals surface area contributed by atoms with E-state index in [1.54, 1.807) is 0 Å². The molecule has 1 heterocycles. The summed E-state index contributed by atoms with van der Waals surface area (Å²) in [6.45, 7) is 5.90.